The predicted molar refractivity (Wildman–Crippen MR) is 131 cm³/mol. The van der Waals surface area contributed by atoms with Gasteiger partial charge >= 0.3 is 11.9 Å². The van der Waals surface area contributed by atoms with E-state index < -0.39 is 11.5 Å². The second-order valence-corrected chi connectivity index (χ2v) is 10.3. The zero-order valence-electron chi connectivity index (χ0n) is 20.6. The van der Waals surface area contributed by atoms with Crippen LogP contribution in [0.25, 0.3) is 0 Å². The SMILES string of the molecule is C=CCC(CC)(CC=C)C(=O)OC1=C2C(CC[C@H](C)[C@@H]2CC[C@@H]2C[C@@H](O)CC(=O)O2)CC(O)=C1. The predicted octanol–water partition coefficient (Wildman–Crippen LogP) is 5.69. The van der Waals surface area contributed by atoms with Gasteiger partial charge in [0.25, 0.3) is 0 Å². The van der Waals surface area contributed by atoms with Crippen LogP contribution in [-0.2, 0) is 19.1 Å². The molecule has 0 aromatic rings. The molecule has 0 aromatic carbocycles. The lowest BCUT2D eigenvalue weighted by atomic mass is 9.66. The first kappa shape index (κ1) is 26.3. The van der Waals surface area contributed by atoms with Gasteiger partial charge in [-0.3, -0.25) is 9.59 Å². The van der Waals surface area contributed by atoms with Gasteiger partial charge in [-0.15, -0.1) is 13.2 Å². The van der Waals surface area contributed by atoms with Crippen LogP contribution in [0, 0.1) is 23.2 Å². The van der Waals surface area contributed by atoms with Crippen molar-refractivity contribution >= 4 is 11.9 Å². The summed E-state index contributed by atoms with van der Waals surface area (Å²) in [5.74, 6) is 0.698. The van der Waals surface area contributed by atoms with Crippen molar-refractivity contribution in [1.29, 1.82) is 0 Å². The minimum absolute atomic E-state index is 0.0579. The first-order chi connectivity index (χ1) is 16.2. The van der Waals surface area contributed by atoms with E-state index in [1.54, 1.807) is 18.2 Å². The van der Waals surface area contributed by atoms with Gasteiger partial charge in [0.1, 0.15) is 11.9 Å². The highest BCUT2D eigenvalue weighted by atomic mass is 16.5. The second kappa shape index (κ2) is 11.4. The molecular formula is C28H40O6. The zero-order valence-corrected chi connectivity index (χ0v) is 20.6. The smallest absolute Gasteiger partial charge is 0.318 e. The van der Waals surface area contributed by atoms with Crippen LogP contribution >= 0.6 is 0 Å². The maximum absolute atomic E-state index is 13.4. The Hall–Kier alpha value is -2.34. The minimum atomic E-state index is -0.727. The maximum Gasteiger partial charge on any atom is 0.318 e. The van der Waals surface area contributed by atoms with Gasteiger partial charge in [0.2, 0.25) is 0 Å². The van der Waals surface area contributed by atoms with Gasteiger partial charge in [-0.1, -0.05) is 26.0 Å². The van der Waals surface area contributed by atoms with E-state index in [0.29, 0.717) is 50.2 Å². The fourth-order valence-corrected chi connectivity index (χ4v) is 5.95. The van der Waals surface area contributed by atoms with Crippen LogP contribution in [0.3, 0.4) is 0 Å². The minimum Gasteiger partial charge on any atom is -0.512 e. The maximum atomic E-state index is 13.4. The molecule has 34 heavy (non-hydrogen) atoms. The molecule has 2 N–H and O–H groups in total. The Morgan fingerprint density at radius 1 is 1.24 bits per heavy atom. The summed E-state index contributed by atoms with van der Waals surface area (Å²) in [5, 5.41) is 20.4. The third-order valence-corrected chi connectivity index (χ3v) is 7.95. The standard InChI is InChI=1S/C28H40O6/c1-5-12-28(7-3,13-6-2)27(32)34-24-16-20(29)14-19-9-8-18(4)23(26(19)24)11-10-22-15-21(30)17-25(31)33-22/h5-6,16,18-19,21-23,29-30H,1-2,7-15,17H2,3-4H3/t18-,19?,21+,22+,23-/m0/s1. The van der Waals surface area contributed by atoms with E-state index in [1.807, 2.05) is 6.92 Å². The molecule has 2 fully saturated rings. The molecule has 1 saturated heterocycles. The van der Waals surface area contributed by atoms with E-state index in [2.05, 4.69) is 20.1 Å². The van der Waals surface area contributed by atoms with Crippen LogP contribution in [-0.4, -0.2) is 34.4 Å². The highest BCUT2D eigenvalue weighted by molar-refractivity contribution is 5.79. The molecule has 0 aromatic heterocycles. The molecule has 1 unspecified atom stereocenters. The summed E-state index contributed by atoms with van der Waals surface area (Å²) < 4.78 is 11.6. The van der Waals surface area contributed by atoms with Gasteiger partial charge in [0.15, 0.2) is 0 Å². The van der Waals surface area contributed by atoms with E-state index in [4.69, 9.17) is 9.47 Å². The molecule has 1 saturated carbocycles. The molecule has 1 aliphatic heterocycles. The Balaban J connectivity index is 1.88. The number of cyclic esters (lactones) is 1. The van der Waals surface area contributed by atoms with Crippen LogP contribution in [0.4, 0.5) is 0 Å². The van der Waals surface area contributed by atoms with Crippen molar-refractivity contribution in [2.75, 3.05) is 0 Å². The topological polar surface area (TPSA) is 93.1 Å². The highest BCUT2D eigenvalue weighted by Crippen LogP contribution is 2.48. The van der Waals surface area contributed by atoms with Crippen LogP contribution in [0.15, 0.2) is 48.5 Å². The fourth-order valence-electron chi connectivity index (χ4n) is 5.95. The molecule has 2 aliphatic carbocycles. The molecule has 0 bridgehead atoms. The molecule has 3 rings (SSSR count). The number of hydrogen-bond donors (Lipinski definition) is 2. The van der Waals surface area contributed by atoms with Crippen LogP contribution in [0.2, 0.25) is 0 Å². The number of aliphatic hydroxyl groups is 2. The summed E-state index contributed by atoms with van der Waals surface area (Å²) in [6, 6.07) is 0. The molecule has 0 radical (unpaired) electrons. The number of fused-ring (bicyclic) bond motifs is 1. The van der Waals surface area contributed by atoms with E-state index in [-0.39, 0.29) is 42.1 Å². The van der Waals surface area contributed by atoms with Gasteiger partial charge in [0.05, 0.1) is 23.7 Å². The van der Waals surface area contributed by atoms with Crippen molar-refractivity contribution in [2.45, 2.75) is 90.3 Å². The Morgan fingerprint density at radius 2 is 1.94 bits per heavy atom. The molecular weight excluding hydrogens is 432 g/mol. The van der Waals surface area contributed by atoms with Gasteiger partial charge < -0.3 is 19.7 Å². The van der Waals surface area contributed by atoms with E-state index >= 15 is 0 Å². The van der Waals surface area contributed by atoms with Gasteiger partial charge in [-0.2, -0.15) is 0 Å². The lowest BCUT2D eigenvalue weighted by Gasteiger charge is -2.41. The summed E-state index contributed by atoms with van der Waals surface area (Å²) in [4.78, 5) is 25.2. The van der Waals surface area contributed by atoms with Crippen molar-refractivity contribution in [3.8, 4) is 0 Å². The summed E-state index contributed by atoms with van der Waals surface area (Å²) in [6.45, 7) is 11.8. The van der Waals surface area contributed by atoms with Crippen LogP contribution in [0.1, 0.15) is 78.1 Å². The van der Waals surface area contributed by atoms with Gasteiger partial charge in [-0.25, -0.2) is 0 Å². The van der Waals surface area contributed by atoms with Gasteiger partial charge in [-0.05, 0) is 68.3 Å². The monoisotopic (exact) mass is 472 g/mol. The number of ether oxygens (including phenoxy) is 2. The Labute approximate surface area is 203 Å². The highest BCUT2D eigenvalue weighted by Gasteiger charge is 2.41. The Bertz CT molecular complexity index is 843. The summed E-state index contributed by atoms with van der Waals surface area (Å²) in [5.41, 5.74) is 0.366. The summed E-state index contributed by atoms with van der Waals surface area (Å²) in [6.07, 6.45) is 10.2. The second-order valence-electron chi connectivity index (χ2n) is 10.3. The third-order valence-electron chi connectivity index (χ3n) is 7.95. The quantitative estimate of drug-likeness (QED) is 0.314. The zero-order chi connectivity index (χ0) is 24.9. The Morgan fingerprint density at radius 3 is 2.56 bits per heavy atom. The summed E-state index contributed by atoms with van der Waals surface area (Å²) >= 11 is 0. The largest absolute Gasteiger partial charge is 0.512 e. The Kier molecular flexibility index (Phi) is 8.80. The molecule has 0 spiro atoms. The van der Waals surface area contributed by atoms with Crippen LogP contribution < -0.4 is 0 Å². The van der Waals surface area contributed by atoms with E-state index in [9.17, 15) is 19.8 Å². The lowest BCUT2D eigenvalue weighted by Crippen LogP contribution is -2.36. The first-order valence-electron chi connectivity index (χ1n) is 12.7. The number of carbonyl (C=O) groups excluding carboxylic acids is 2. The third kappa shape index (κ3) is 5.83. The number of carbonyl (C=O) groups is 2. The first-order valence-corrected chi connectivity index (χ1v) is 12.7. The van der Waals surface area contributed by atoms with Crippen molar-refractivity contribution in [2.24, 2.45) is 23.2 Å². The van der Waals surface area contributed by atoms with E-state index in [0.717, 1.165) is 24.8 Å². The number of hydrogen-bond acceptors (Lipinski definition) is 6. The average molecular weight is 473 g/mol. The van der Waals surface area contributed by atoms with Crippen molar-refractivity contribution in [3.05, 3.63) is 48.5 Å². The van der Waals surface area contributed by atoms with Crippen molar-refractivity contribution < 1.29 is 29.3 Å². The average Bonchev–Trinajstić information content (AvgIpc) is 2.77. The molecule has 5 atom stereocenters. The molecule has 0 amide bonds. The van der Waals surface area contributed by atoms with E-state index in [1.165, 1.54) is 0 Å². The number of rotatable bonds is 10. The number of allylic oxidation sites excluding steroid dienone is 5. The summed E-state index contributed by atoms with van der Waals surface area (Å²) in [7, 11) is 0. The molecule has 188 valence electrons. The number of aliphatic hydroxyl groups excluding tert-OH is 2. The van der Waals surface area contributed by atoms with Crippen molar-refractivity contribution in [3.63, 3.8) is 0 Å². The number of esters is 2. The lowest BCUT2D eigenvalue weighted by molar-refractivity contribution is -0.160. The fraction of sp³-hybridized carbons (Fsp3) is 0.643. The molecule has 6 heteroatoms. The van der Waals surface area contributed by atoms with Crippen molar-refractivity contribution in [1.82, 2.24) is 0 Å². The molecule has 1 heterocycles. The van der Waals surface area contributed by atoms with Crippen LogP contribution in [0.5, 0.6) is 0 Å². The molecule has 3 aliphatic rings. The molecule has 6 nitrogen and oxygen atoms in total. The van der Waals surface area contributed by atoms with Gasteiger partial charge in [0, 0.05) is 18.9 Å². The normalized spacial score (nSPS) is 29.6.